The number of nitrogen functional groups attached to an aromatic ring is 1. The zero-order chi connectivity index (χ0) is 14.0. The lowest BCUT2D eigenvalue weighted by Crippen LogP contribution is -2.31. The minimum absolute atomic E-state index is 0.348. The van der Waals surface area contributed by atoms with E-state index in [4.69, 9.17) is 11.5 Å². The molecule has 5 N–H and O–H groups in total. The molecule has 5 nitrogen and oxygen atoms in total. The minimum Gasteiger partial charge on any atom is -0.397 e. The standard InChI is InChI=1S/C14H22N4O/c1-8-3-4-11(5-9(8)2)18-14-12(13(16)19)6-10(15)7-17-14/h6-9,11H,3-5,15H2,1-2H3,(H2,16,19)(H,17,18). The van der Waals surface area contributed by atoms with Gasteiger partial charge in [0.1, 0.15) is 5.82 Å². The fraction of sp³-hybridized carbons (Fsp3) is 0.571. The number of pyridine rings is 1. The molecule has 0 aliphatic heterocycles. The molecule has 19 heavy (non-hydrogen) atoms. The molecule has 5 heteroatoms. The molecule has 1 aromatic rings. The highest BCUT2D eigenvalue weighted by Gasteiger charge is 2.25. The van der Waals surface area contributed by atoms with Crippen LogP contribution >= 0.6 is 0 Å². The van der Waals surface area contributed by atoms with Crippen LogP contribution in [0.3, 0.4) is 0 Å². The van der Waals surface area contributed by atoms with Crippen molar-refractivity contribution in [2.24, 2.45) is 17.6 Å². The maximum atomic E-state index is 11.4. The molecular formula is C14H22N4O. The number of anilines is 2. The Bertz CT molecular complexity index is 475. The Morgan fingerprint density at radius 3 is 2.74 bits per heavy atom. The third kappa shape index (κ3) is 3.16. The summed E-state index contributed by atoms with van der Waals surface area (Å²) >= 11 is 0. The van der Waals surface area contributed by atoms with E-state index in [0.717, 1.165) is 18.8 Å². The van der Waals surface area contributed by atoms with Gasteiger partial charge in [0.25, 0.3) is 5.91 Å². The summed E-state index contributed by atoms with van der Waals surface area (Å²) in [5, 5.41) is 3.34. The number of hydrogen-bond donors (Lipinski definition) is 3. The first kappa shape index (κ1) is 13.6. The minimum atomic E-state index is -0.500. The molecule has 1 fully saturated rings. The van der Waals surface area contributed by atoms with E-state index in [9.17, 15) is 4.79 Å². The van der Waals surface area contributed by atoms with E-state index in [2.05, 4.69) is 24.1 Å². The quantitative estimate of drug-likeness (QED) is 0.776. The number of amides is 1. The number of carbonyl (C=O) groups is 1. The number of hydrogen-bond acceptors (Lipinski definition) is 4. The number of nitrogens with two attached hydrogens (primary N) is 2. The summed E-state index contributed by atoms with van der Waals surface area (Å²) in [5.41, 5.74) is 11.8. The average Bonchev–Trinajstić information content (AvgIpc) is 2.36. The van der Waals surface area contributed by atoms with Gasteiger partial charge in [-0.1, -0.05) is 13.8 Å². The van der Waals surface area contributed by atoms with Crippen LogP contribution in [0.5, 0.6) is 0 Å². The highest BCUT2D eigenvalue weighted by molar-refractivity contribution is 5.98. The van der Waals surface area contributed by atoms with Crippen LogP contribution in [0, 0.1) is 11.8 Å². The van der Waals surface area contributed by atoms with E-state index < -0.39 is 5.91 Å². The Kier molecular flexibility index (Phi) is 3.93. The molecule has 3 unspecified atom stereocenters. The zero-order valence-corrected chi connectivity index (χ0v) is 11.5. The SMILES string of the molecule is CC1CCC(Nc2ncc(N)cc2C(N)=O)CC1C. The van der Waals surface area contributed by atoms with E-state index in [1.807, 2.05) is 0 Å². The number of rotatable bonds is 3. The van der Waals surface area contributed by atoms with Gasteiger partial charge >= 0.3 is 0 Å². The number of carbonyl (C=O) groups excluding carboxylic acids is 1. The largest absolute Gasteiger partial charge is 0.397 e. The van der Waals surface area contributed by atoms with Gasteiger partial charge in [0.15, 0.2) is 0 Å². The van der Waals surface area contributed by atoms with Crippen molar-refractivity contribution >= 4 is 17.4 Å². The molecule has 3 atom stereocenters. The summed E-state index contributed by atoms with van der Waals surface area (Å²) in [6.07, 6.45) is 4.92. The maximum Gasteiger partial charge on any atom is 0.252 e. The molecule has 2 rings (SSSR count). The second kappa shape index (κ2) is 5.47. The van der Waals surface area contributed by atoms with Crippen molar-refractivity contribution in [1.82, 2.24) is 4.98 Å². The van der Waals surface area contributed by atoms with Crippen molar-refractivity contribution in [3.63, 3.8) is 0 Å². The van der Waals surface area contributed by atoms with Crippen LogP contribution in [-0.2, 0) is 0 Å². The molecule has 0 aromatic carbocycles. The van der Waals surface area contributed by atoms with E-state index in [1.54, 1.807) is 12.3 Å². The van der Waals surface area contributed by atoms with Gasteiger partial charge in [0.05, 0.1) is 17.4 Å². The molecule has 1 aliphatic carbocycles. The second-order valence-corrected chi connectivity index (χ2v) is 5.64. The number of aromatic nitrogens is 1. The van der Waals surface area contributed by atoms with Crippen molar-refractivity contribution in [3.05, 3.63) is 17.8 Å². The van der Waals surface area contributed by atoms with Crippen LogP contribution in [0.1, 0.15) is 43.5 Å². The lowest BCUT2D eigenvalue weighted by Gasteiger charge is -2.33. The Hall–Kier alpha value is -1.78. The Morgan fingerprint density at radius 1 is 1.37 bits per heavy atom. The van der Waals surface area contributed by atoms with Crippen LogP contribution in [0.4, 0.5) is 11.5 Å². The Balaban J connectivity index is 2.13. The third-order valence-corrected chi connectivity index (χ3v) is 4.11. The molecule has 0 radical (unpaired) electrons. The first-order chi connectivity index (χ1) is 8.97. The van der Waals surface area contributed by atoms with E-state index in [0.29, 0.717) is 29.0 Å². The Labute approximate surface area is 113 Å². The lowest BCUT2D eigenvalue weighted by molar-refractivity contribution is 0.100. The number of nitrogens with zero attached hydrogens (tertiary/aromatic N) is 1. The summed E-state index contributed by atoms with van der Waals surface area (Å²) in [5.74, 6) is 1.48. The zero-order valence-electron chi connectivity index (χ0n) is 11.5. The van der Waals surface area contributed by atoms with Crippen LogP contribution in [0.15, 0.2) is 12.3 Å². The summed E-state index contributed by atoms with van der Waals surface area (Å²) in [4.78, 5) is 15.6. The number of primary amides is 1. The molecular weight excluding hydrogens is 240 g/mol. The topological polar surface area (TPSA) is 94.0 Å². The maximum absolute atomic E-state index is 11.4. The van der Waals surface area contributed by atoms with Gasteiger partial charge in [-0.05, 0) is 37.2 Å². The Morgan fingerprint density at radius 2 is 2.11 bits per heavy atom. The lowest BCUT2D eigenvalue weighted by atomic mass is 9.79. The molecule has 0 spiro atoms. The number of nitrogens with one attached hydrogen (secondary N) is 1. The molecule has 104 valence electrons. The van der Waals surface area contributed by atoms with Crippen molar-refractivity contribution in [1.29, 1.82) is 0 Å². The third-order valence-electron chi connectivity index (χ3n) is 4.11. The molecule has 1 saturated carbocycles. The predicted octanol–water partition coefficient (Wildman–Crippen LogP) is 2.00. The van der Waals surface area contributed by atoms with Gasteiger partial charge in [0, 0.05) is 6.04 Å². The summed E-state index contributed by atoms with van der Waals surface area (Å²) in [6.45, 7) is 4.56. The van der Waals surface area contributed by atoms with Crippen LogP contribution in [0.25, 0.3) is 0 Å². The van der Waals surface area contributed by atoms with Gasteiger partial charge in [-0.15, -0.1) is 0 Å². The fourth-order valence-electron chi connectivity index (χ4n) is 2.66. The van der Waals surface area contributed by atoms with Gasteiger partial charge < -0.3 is 16.8 Å². The highest BCUT2D eigenvalue weighted by atomic mass is 16.1. The van der Waals surface area contributed by atoms with Gasteiger partial charge in [-0.3, -0.25) is 4.79 Å². The first-order valence-electron chi connectivity index (χ1n) is 6.79. The summed E-state index contributed by atoms with van der Waals surface area (Å²) in [7, 11) is 0. The van der Waals surface area contributed by atoms with E-state index in [1.165, 1.54) is 6.42 Å². The van der Waals surface area contributed by atoms with Crippen LogP contribution < -0.4 is 16.8 Å². The van der Waals surface area contributed by atoms with Crippen molar-refractivity contribution in [2.75, 3.05) is 11.1 Å². The van der Waals surface area contributed by atoms with Gasteiger partial charge in [0.2, 0.25) is 0 Å². The normalized spacial score (nSPS) is 26.9. The van der Waals surface area contributed by atoms with Gasteiger partial charge in [-0.2, -0.15) is 0 Å². The van der Waals surface area contributed by atoms with Crippen molar-refractivity contribution in [3.8, 4) is 0 Å². The van der Waals surface area contributed by atoms with E-state index in [-0.39, 0.29) is 0 Å². The van der Waals surface area contributed by atoms with Crippen molar-refractivity contribution < 1.29 is 4.79 Å². The molecule has 1 heterocycles. The molecule has 0 saturated heterocycles. The summed E-state index contributed by atoms with van der Waals surface area (Å²) in [6, 6.07) is 1.92. The summed E-state index contributed by atoms with van der Waals surface area (Å²) < 4.78 is 0. The molecule has 1 aliphatic rings. The predicted molar refractivity (Wildman–Crippen MR) is 76.8 cm³/mol. The second-order valence-electron chi connectivity index (χ2n) is 5.64. The highest BCUT2D eigenvalue weighted by Crippen LogP contribution is 2.31. The average molecular weight is 262 g/mol. The molecule has 0 bridgehead atoms. The van der Waals surface area contributed by atoms with Crippen molar-refractivity contribution in [2.45, 2.75) is 39.2 Å². The monoisotopic (exact) mass is 262 g/mol. The van der Waals surface area contributed by atoms with Gasteiger partial charge in [-0.25, -0.2) is 4.98 Å². The van der Waals surface area contributed by atoms with Crippen LogP contribution in [0.2, 0.25) is 0 Å². The smallest absolute Gasteiger partial charge is 0.252 e. The fourth-order valence-corrected chi connectivity index (χ4v) is 2.66. The first-order valence-corrected chi connectivity index (χ1v) is 6.79. The van der Waals surface area contributed by atoms with E-state index >= 15 is 0 Å². The molecule has 1 aromatic heterocycles. The van der Waals surface area contributed by atoms with Crippen LogP contribution in [-0.4, -0.2) is 16.9 Å². The molecule has 1 amide bonds.